The predicted octanol–water partition coefficient (Wildman–Crippen LogP) is 1.31. The number of ether oxygens (including phenoxy) is 1. The Balaban J connectivity index is 1.64. The molecule has 8 heteroatoms. The minimum Gasteiger partial charge on any atom is -0.394 e. The lowest BCUT2D eigenvalue weighted by molar-refractivity contribution is -0.221. The SMILES string of the molecule is OC[C@@H]1O[C@@H](Nc2ccc(N=Nc3ccccc3)cc2)[C@@H](O)[C@H](O)[C@@H]1O. The van der Waals surface area contributed by atoms with Crippen LogP contribution in [0.5, 0.6) is 0 Å². The fraction of sp³-hybridized carbons (Fsp3) is 0.333. The number of hydrogen-bond donors (Lipinski definition) is 5. The van der Waals surface area contributed by atoms with Gasteiger partial charge in [0.15, 0.2) is 6.23 Å². The van der Waals surface area contributed by atoms with Crippen LogP contribution in [0.25, 0.3) is 0 Å². The zero-order valence-corrected chi connectivity index (χ0v) is 13.9. The normalized spacial score (nSPS) is 29.0. The van der Waals surface area contributed by atoms with Crippen LogP contribution >= 0.6 is 0 Å². The third kappa shape index (κ3) is 4.24. The molecule has 2 aromatic rings. The van der Waals surface area contributed by atoms with E-state index in [0.717, 1.165) is 5.69 Å². The molecule has 8 nitrogen and oxygen atoms in total. The van der Waals surface area contributed by atoms with Gasteiger partial charge in [-0.2, -0.15) is 10.2 Å². The van der Waals surface area contributed by atoms with Crippen molar-refractivity contribution in [2.24, 2.45) is 10.2 Å². The second-order valence-electron chi connectivity index (χ2n) is 5.98. The van der Waals surface area contributed by atoms with E-state index in [4.69, 9.17) is 4.74 Å². The molecule has 1 aliphatic heterocycles. The fourth-order valence-electron chi connectivity index (χ4n) is 2.62. The highest BCUT2D eigenvalue weighted by Crippen LogP contribution is 2.25. The van der Waals surface area contributed by atoms with E-state index in [1.165, 1.54) is 0 Å². The smallest absolute Gasteiger partial charge is 0.157 e. The van der Waals surface area contributed by atoms with E-state index < -0.39 is 37.3 Å². The maximum absolute atomic E-state index is 10.0. The minimum atomic E-state index is -1.42. The van der Waals surface area contributed by atoms with Crippen molar-refractivity contribution in [1.82, 2.24) is 0 Å². The molecule has 0 bridgehead atoms. The van der Waals surface area contributed by atoms with Gasteiger partial charge in [0.1, 0.15) is 24.4 Å². The predicted molar refractivity (Wildman–Crippen MR) is 94.4 cm³/mol. The molecular weight excluding hydrogens is 338 g/mol. The molecule has 2 aromatic carbocycles. The highest BCUT2D eigenvalue weighted by Gasteiger charge is 2.43. The van der Waals surface area contributed by atoms with Gasteiger partial charge < -0.3 is 30.5 Å². The molecule has 0 spiro atoms. The molecule has 0 saturated carbocycles. The van der Waals surface area contributed by atoms with Crippen molar-refractivity contribution in [2.75, 3.05) is 11.9 Å². The third-order valence-corrected chi connectivity index (χ3v) is 4.11. The van der Waals surface area contributed by atoms with Gasteiger partial charge in [0.05, 0.1) is 18.0 Å². The first-order valence-corrected chi connectivity index (χ1v) is 8.22. The van der Waals surface area contributed by atoms with Crippen LogP contribution in [0, 0.1) is 0 Å². The van der Waals surface area contributed by atoms with Gasteiger partial charge in [-0.05, 0) is 36.4 Å². The van der Waals surface area contributed by atoms with E-state index in [9.17, 15) is 20.4 Å². The van der Waals surface area contributed by atoms with E-state index in [1.807, 2.05) is 30.3 Å². The Morgan fingerprint density at radius 1 is 0.808 bits per heavy atom. The average Bonchev–Trinajstić information content (AvgIpc) is 2.68. The number of hydrogen-bond acceptors (Lipinski definition) is 8. The Kier molecular flexibility index (Phi) is 5.92. The van der Waals surface area contributed by atoms with Crippen molar-refractivity contribution in [3.05, 3.63) is 54.6 Å². The van der Waals surface area contributed by atoms with Gasteiger partial charge in [-0.3, -0.25) is 0 Å². The number of anilines is 1. The van der Waals surface area contributed by atoms with Crippen molar-refractivity contribution in [3.63, 3.8) is 0 Å². The van der Waals surface area contributed by atoms with Gasteiger partial charge in [-0.15, -0.1) is 0 Å². The molecule has 1 fully saturated rings. The Morgan fingerprint density at radius 2 is 1.42 bits per heavy atom. The third-order valence-electron chi connectivity index (χ3n) is 4.11. The molecule has 1 heterocycles. The first-order valence-electron chi connectivity index (χ1n) is 8.22. The van der Waals surface area contributed by atoms with E-state index in [2.05, 4.69) is 15.5 Å². The van der Waals surface area contributed by atoms with Gasteiger partial charge >= 0.3 is 0 Å². The molecule has 26 heavy (non-hydrogen) atoms. The Hall–Kier alpha value is -2.36. The molecule has 5 atom stereocenters. The number of rotatable bonds is 5. The van der Waals surface area contributed by atoms with E-state index >= 15 is 0 Å². The summed E-state index contributed by atoms with van der Waals surface area (Å²) in [7, 11) is 0. The van der Waals surface area contributed by atoms with Crippen LogP contribution in [-0.2, 0) is 4.74 Å². The summed E-state index contributed by atoms with van der Waals surface area (Å²) < 4.78 is 5.41. The topological polar surface area (TPSA) is 127 Å². The quantitative estimate of drug-likeness (QED) is 0.512. The highest BCUT2D eigenvalue weighted by molar-refractivity contribution is 5.51. The molecule has 0 amide bonds. The van der Waals surface area contributed by atoms with Gasteiger partial charge in [-0.25, -0.2) is 0 Å². The number of aliphatic hydroxyl groups excluding tert-OH is 4. The summed E-state index contributed by atoms with van der Waals surface area (Å²) in [6.45, 7) is -0.470. The Labute approximate surface area is 150 Å². The highest BCUT2D eigenvalue weighted by atomic mass is 16.6. The van der Waals surface area contributed by atoms with Crippen molar-refractivity contribution in [2.45, 2.75) is 30.6 Å². The molecule has 0 aromatic heterocycles. The summed E-state index contributed by atoms with van der Waals surface area (Å²) in [5.41, 5.74) is 2.01. The molecule has 3 rings (SSSR count). The summed E-state index contributed by atoms with van der Waals surface area (Å²) in [4.78, 5) is 0. The van der Waals surface area contributed by atoms with Crippen molar-refractivity contribution < 1.29 is 25.2 Å². The van der Waals surface area contributed by atoms with Crippen LogP contribution in [0.15, 0.2) is 64.8 Å². The molecule has 0 aliphatic carbocycles. The van der Waals surface area contributed by atoms with Gasteiger partial charge in [0.2, 0.25) is 0 Å². The average molecular weight is 359 g/mol. The standard InChI is InChI=1S/C18H21N3O5/c22-10-14-15(23)16(24)17(25)18(26-14)19-11-6-8-13(9-7-11)21-20-12-4-2-1-3-5-12/h1-9,14-19,22-25H,10H2/t14-,15+,16+,17-,18+/m0/s1. The summed E-state index contributed by atoms with van der Waals surface area (Å²) in [6.07, 6.45) is -6.07. The number of azo groups is 1. The van der Waals surface area contributed by atoms with Crippen molar-refractivity contribution in [3.8, 4) is 0 Å². The Bertz CT molecular complexity index is 723. The number of aliphatic hydroxyl groups is 4. The maximum Gasteiger partial charge on any atom is 0.157 e. The number of benzene rings is 2. The van der Waals surface area contributed by atoms with Crippen LogP contribution in [0.2, 0.25) is 0 Å². The summed E-state index contributed by atoms with van der Waals surface area (Å²) in [5, 5.41) is 50.0. The van der Waals surface area contributed by atoms with Gasteiger partial charge in [-0.1, -0.05) is 18.2 Å². The molecule has 1 saturated heterocycles. The lowest BCUT2D eigenvalue weighted by Crippen LogP contribution is -2.60. The second-order valence-corrected chi connectivity index (χ2v) is 5.98. The van der Waals surface area contributed by atoms with E-state index in [0.29, 0.717) is 11.4 Å². The largest absolute Gasteiger partial charge is 0.394 e. The fourth-order valence-corrected chi connectivity index (χ4v) is 2.62. The molecule has 0 unspecified atom stereocenters. The first kappa shape index (κ1) is 18.4. The molecule has 1 aliphatic rings. The molecule has 138 valence electrons. The van der Waals surface area contributed by atoms with Crippen LogP contribution in [0.4, 0.5) is 17.1 Å². The molecule has 0 radical (unpaired) electrons. The zero-order valence-electron chi connectivity index (χ0n) is 13.9. The molecular formula is C18H21N3O5. The lowest BCUT2D eigenvalue weighted by Gasteiger charge is -2.40. The van der Waals surface area contributed by atoms with Gasteiger partial charge in [0, 0.05) is 5.69 Å². The Morgan fingerprint density at radius 3 is 2.04 bits per heavy atom. The van der Waals surface area contributed by atoms with Gasteiger partial charge in [0.25, 0.3) is 0 Å². The number of nitrogens with one attached hydrogen (secondary N) is 1. The maximum atomic E-state index is 10.0. The van der Waals surface area contributed by atoms with Crippen LogP contribution in [0.1, 0.15) is 0 Å². The van der Waals surface area contributed by atoms with Crippen molar-refractivity contribution in [1.29, 1.82) is 0 Å². The summed E-state index contributed by atoms with van der Waals surface area (Å²) >= 11 is 0. The zero-order chi connectivity index (χ0) is 18.5. The van der Waals surface area contributed by atoms with Crippen LogP contribution < -0.4 is 5.32 Å². The van der Waals surface area contributed by atoms with E-state index in [-0.39, 0.29) is 0 Å². The first-order chi connectivity index (χ1) is 12.6. The van der Waals surface area contributed by atoms with Crippen LogP contribution in [0.3, 0.4) is 0 Å². The minimum absolute atomic E-state index is 0.470. The summed E-state index contributed by atoms with van der Waals surface area (Å²) in [6, 6.07) is 16.3. The second kappa shape index (κ2) is 8.35. The lowest BCUT2D eigenvalue weighted by atomic mass is 9.98. The summed E-state index contributed by atoms with van der Waals surface area (Å²) in [5.74, 6) is 0. The van der Waals surface area contributed by atoms with Crippen LogP contribution in [-0.4, -0.2) is 57.7 Å². The van der Waals surface area contributed by atoms with Crippen molar-refractivity contribution >= 4 is 17.1 Å². The monoisotopic (exact) mass is 359 g/mol. The molecule has 5 N–H and O–H groups in total. The van der Waals surface area contributed by atoms with E-state index in [1.54, 1.807) is 24.3 Å². The number of nitrogens with zero attached hydrogens (tertiary/aromatic N) is 2.